The first-order valence-electron chi connectivity index (χ1n) is 7.42. The maximum atomic E-state index is 5.92. The number of nitrogens with two attached hydrogens (primary N) is 1. The monoisotopic (exact) mass is 306 g/mol. The molecule has 0 fully saturated rings. The van der Waals surface area contributed by atoms with Crippen molar-refractivity contribution in [3.63, 3.8) is 0 Å². The summed E-state index contributed by atoms with van der Waals surface area (Å²) in [7, 11) is 1.69. The first-order valence-corrected chi connectivity index (χ1v) is 8.30. The molecule has 0 aromatic carbocycles. The van der Waals surface area contributed by atoms with Crippen LogP contribution in [-0.2, 0) is 13.0 Å². The third-order valence-corrected chi connectivity index (χ3v) is 5.34. The van der Waals surface area contributed by atoms with Crippen LogP contribution in [0.4, 0.5) is 0 Å². The van der Waals surface area contributed by atoms with E-state index >= 15 is 0 Å². The first kappa shape index (κ1) is 14.6. The van der Waals surface area contributed by atoms with E-state index in [0.717, 1.165) is 24.4 Å². The van der Waals surface area contributed by atoms with Gasteiger partial charge in [-0.25, -0.2) is 0 Å². The minimum absolute atomic E-state index is 0.0241. The molecule has 2 aromatic rings. The zero-order valence-electron chi connectivity index (χ0n) is 12.5. The first-order chi connectivity index (χ1) is 10.3. The summed E-state index contributed by atoms with van der Waals surface area (Å²) >= 11 is 1.85. The van der Waals surface area contributed by atoms with Gasteiger partial charge in [0, 0.05) is 17.3 Å². The maximum absolute atomic E-state index is 5.92. The molecular weight excluding hydrogens is 284 g/mol. The fraction of sp³-hybridized carbons (Fsp3) is 0.533. The van der Waals surface area contributed by atoms with E-state index in [1.165, 1.54) is 23.3 Å². The number of nitrogens with one attached hydrogen (secondary N) is 1. The molecule has 1 aliphatic rings. The van der Waals surface area contributed by atoms with E-state index in [-0.39, 0.29) is 6.04 Å². The molecule has 0 spiro atoms. The number of hydrogen-bond donors (Lipinski definition) is 2. The molecule has 0 amide bonds. The number of hydrazine groups is 1. The van der Waals surface area contributed by atoms with E-state index in [2.05, 4.69) is 28.9 Å². The topological polar surface area (TPSA) is 65.1 Å². The number of hydrogen-bond acceptors (Lipinski definition) is 5. The summed E-state index contributed by atoms with van der Waals surface area (Å²) in [6.07, 6.45) is 5.31. The van der Waals surface area contributed by atoms with Gasteiger partial charge < -0.3 is 4.74 Å². The van der Waals surface area contributed by atoms with Crippen molar-refractivity contribution in [3.8, 4) is 5.75 Å². The maximum Gasteiger partial charge on any atom is 0.161 e. The Balaban J connectivity index is 2.02. The highest BCUT2D eigenvalue weighted by Crippen LogP contribution is 2.43. The number of aryl methyl sites for hydroxylation is 2. The molecule has 21 heavy (non-hydrogen) atoms. The van der Waals surface area contributed by atoms with Crippen LogP contribution in [0.3, 0.4) is 0 Å². The third-order valence-electron chi connectivity index (χ3n) is 4.34. The van der Waals surface area contributed by atoms with Gasteiger partial charge in [-0.15, -0.1) is 11.3 Å². The van der Waals surface area contributed by atoms with Gasteiger partial charge in [-0.3, -0.25) is 16.0 Å². The molecule has 0 saturated heterocycles. The summed E-state index contributed by atoms with van der Waals surface area (Å²) in [5.74, 6) is 7.11. The van der Waals surface area contributed by atoms with Crippen molar-refractivity contribution in [1.29, 1.82) is 0 Å². The van der Waals surface area contributed by atoms with Crippen LogP contribution in [-0.4, -0.2) is 16.9 Å². The molecule has 3 rings (SSSR count). The molecule has 3 N–H and O–H groups in total. The highest BCUT2D eigenvalue weighted by Gasteiger charge is 2.33. The van der Waals surface area contributed by atoms with Crippen molar-refractivity contribution in [2.24, 2.45) is 5.84 Å². The Morgan fingerprint density at radius 1 is 1.62 bits per heavy atom. The molecule has 0 saturated carbocycles. The normalized spacial score (nSPS) is 19.3. The van der Waals surface area contributed by atoms with Gasteiger partial charge in [0.2, 0.25) is 0 Å². The number of thiophene rings is 1. The predicted octanol–water partition coefficient (Wildman–Crippen LogP) is 2.60. The fourth-order valence-corrected chi connectivity index (χ4v) is 4.35. The molecule has 0 bridgehead atoms. The van der Waals surface area contributed by atoms with Crippen LogP contribution in [0.25, 0.3) is 0 Å². The molecular formula is C15H22N4OS. The van der Waals surface area contributed by atoms with Crippen molar-refractivity contribution in [2.45, 2.75) is 44.7 Å². The summed E-state index contributed by atoms with van der Waals surface area (Å²) < 4.78 is 7.47. The summed E-state index contributed by atoms with van der Waals surface area (Å²) in [4.78, 5) is 1.49. The highest BCUT2D eigenvalue weighted by molar-refractivity contribution is 7.10. The van der Waals surface area contributed by atoms with Crippen molar-refractivity contribution < 1.29 is 4.74 Å². The van der Waals surface area contributed by atoms with Gasteiger partial charge in [0.05, 0.1) is 25.0 Å². The summed E-state index contributed by atoms with van der Waals surface area (Å²) in [5.41, 5.74) is 5.50. The third kappa shape index (κ3) is 2.47. The van der Waals surface area contributed by atoms with Crippen LogP contribution >= 0.6 is 11.3 Å². The summed E-state index contributed by atoms with van der Waals surface area (Å²) in [6.45, 7) is 2.89. The summed E-state index contributed by atoms with van der Waals surface area (Å²) in [5, 5.41) is 6.60. The van der Waals surface area contributed by atoms with E-state index in [1.54, 1.807) is 13.3 Å². The zero-order chi connectivity index (χ0) is 14.8. The Morgan fingerprint density at radius 2 is 2.48 bits per heavy atom. The minimum Gasteiger partial charge on any atom is -0.493 e. The number of fused-ring (bicyclic) bond motifs is 1. The number of rotatable bonds is 5. The lowest BCUT2D eigenvalue weighted by atomic mass is 9.81. The van der Waals surface area contributed by atoms with Gasteiger partial charge in [0.15, 0.2) is 5.75 Å². The van der Waals surface area contributed by atoms with Gasteiger partial charge in [-0.1, -0.05) is 0 Å². The average Bonchev–Trinajstić information content (AvgIpc) is 3.14. The Hall–Kier alpha value is -1.37. The van der Waals surface area contributed by atoms with Crippen LogP contribution in [0, 0.1) is 0 Å². The van der Waals surface area contributed by atoms with Crippen LogP contribution in [0.5, 0.6) is 5.75 Å². The molecule has 0 radical (unpaired) electrons. The van der Waals surface area contributed by atoms with Gasteiger partial charge in [-0.05, 0) is 43.2 Å². The molecule has 5 nitrogen and oxygen atoms in total. The number of methoxy groups -OCH3 is 1. The molecule has 114 valence electrons. The van der Waals surface area contributed by atoms with Crippen LogP contribution in [0.15, 0.2) is 17.6 Å². The largest absolute Gasteiger partial charge is 0.493 e. The van der Waals surface area contributed by atoms with Gasteiger partial charge in [0.25, 0.3) is 0 Å². The van der Waals surface area contributed by atoms with Gasteiger partial charge >= 0.3 is 0 Å². The Bertz CT molecular complexity index is 585. The quantitative estimate of drug-likeness (QED) is 0.658. The fourth-order valence-electron chi connectivity index (χ4n) is 3.35. The highest BCUT2D eigenvalue weighted by atomic mass is 32.1. The van der Waals surface area contributed by atoms with E-state index in [0.29, 0.717) is 5.92 Å². The second kappa shape index (κ2) is 6.17. The molecule has 1 aliphatic carbocycles. The van der Waals surface area contributed by atoms with Crippen molar-refractivity contribution in [3.05, 3.63) is 33.8 Å². The lowest BCUT2D eigenvalue weighted by molar-refractivity contribution is 0.356. The van der Waals surface area contributed by atoms with E-state index < -0.39 is 0 Å². The molecule has 2 atom stereocenters. The Kier molecular flexibility index (Phi) is 4.28. The molecule has 6 heteroatoms. The molecule has 2 aromatic heterocycles. The summed E-state index contributed by atoms with van der Waals surface area (Å²) in [6, 6.07) is 2.27. The molecule has 2 unspecified atom stereocenters. The van der Waals surface area contributed by atoms with E-state index in [4.69, 9.17) is 10.6 Å². The Morgan fingerprint density at radius 3 is 3.19 bits per heavy atom. The van der Waals surface area contributed by atoms with Gasteiger partial charge in [0.1, 0.15) is 0 Å². The van der Waals surface area contributed by atoms with Crippen LogP contribution in [0.2, 0.25) is 0 Å². The molecule has 0 aliphatic heterocycles. The minimum atomic E-state index is 0.0241. The van der Waals surface area contributed by atoms with Crippen LogP contribution < -0.4 is 16.0 Å². The predicted molar refractivity (Wildman–Crippen MR) is 84.5 cm³/mol. The van der Waals surface area contributed by atoms with Crippen molar-refractivity contribution in [1.82, 2.24) is 15.2 Å². The second-order valence-electron chi connectivity index (χ2n) is 5.36. The number of ether oxygens (including phenoxy) is 1. The SMILES string of the molecule is CCn1ncc(OC)c1C(NN)C1CCCc2sccc21. The Labute approximate surface area is 129 Å². The van der Waals surface area contributed by atoms with E-state index in [9.17, 15) is 0 Å². The lowest BCUT2D eigenvalue weighted by Crippen LogP contribution is -2.35. The second-order valence-corrected chi connectivity index (χ2v) is 6.36. The number of aromatic nitrogens is 2. The van der Waals surface area contributed by atoms with Crippen LogP contribution in [0.1, 0.15) is 47.9 Å². The average molecular weight is 306 g/mol. The zero-order valence-corrected chi connectivity index (χ0v) is 13.3. The van der Waals surface area contributed by atoms with E-state index in [1.807, 2.05) is 16.0 Å². The lowest BCUT2D eigenvalue weighted by Gasteiger charge is -2.31. The van der Waals surface area contributed by atoms with Gasteiger partial charge in [-0.2, -0.15) is 5.10 Å². The standard InChI is InChI=1S/C15H22N4OS/c1-3-19-15(12(20-2)9-17-19)14(18-16)11-5-4-6-13-10(11)7-8-21-13/h7-9,11,14,18H,3-6,16H2,1-2H3. The van der Waals surface area contributed by atoms with Crippen molar-refractivity contribution in [2.75, 3.05) is 7.11 Å². The smallest absolute Gasteiger partial charge is 0.161 e. The number of nitrogens with zero attached hydrogens (tertiary/aromatic N) is 2. The molecule has 2 heterocycles. The van der Waals surface area contributed by atoms with Crippen molar-refractivity contribution >= 4 is 11.3 Å².